The lowest BCUT2D eigenvalue weighted by Crippen LogP contribution is -2.63. The first-order valence-corrected chi connectivity index (χ1v) is 7.18. The molecule has 0 bridgehead atoms. The first-order valence-electron chi connectivity index (χ1n) is 6.80. The highest BCUT2D eigenvalue weighted by molar-refractivity contribution is 6.30. The van der Waals surface area contributed by atoms with Crippen molar-refractivity contribution in [3.05, 3.63) is 64.7 Å². The number of amides is 1. The number of nitrogens with zero attached hydrogens (tertiary/aromatic N) is 1. The molecule has 2 atom stereocenters. The normalized spacial score (nSPS) is 21.3. The molecule has 0 aromatic heterocycles. The van der Waals surface area contributed by atoms with Gasteiger partial charge in [-0.25, -0.2) is 0 Å². The van der Waals surface area contributed by atoms with Crippen LogP contribution in [-0.4, -0.2) is 11.9 Å². The fourth-order valence-corrected chi connectivity index (χ4v) is 2.75. The van der Waals surface area contributed by atoms with Crippen molar-refractivity contribution in [2.45, 2.75) is 18.3 Å². The number of carbonyl (C=O) groups is 1. The van der Waals surface area contributed by atoms with Crippen molar-refractivity contribution in [3.63, 3.8) is 0 Å². The predicted octanol–water partition coefficient (Wildman–Crippen LogP) is 3.77. The number of nitrogens with two attached hydrogens (primary N) is 1. The van der Waals surface area contributed by atoms with Crippen molar-refractivity contribution in [2.75, 3.05) is 4.90 Å². The van der Waals surface area contributed by atoms with Crippen molar-refractivity contribution in [3.8, 4) is 0 Å². The van der Waals surface area contributed by atoms with Gasteiger partial charge in [-0.1, -0.05) is 23.7 Å². The van der Waals surface area contributed by atoms with Crippen molar-refractivity contribution < 1.29 is 18.0 Å². The Morgan fingerprint density at radius 1 is 1.00 bits per heavy atom. The number of carbonyl (C=O) groups excluding carboxylic acids is 1. The minimum atomic E-state index is -4.40. The first-order chi connectivity index (χ1) is 10.8. The van der Waals surface area contributed by atoms with Crippen LogP contribution < -0.4 is 10.6 Å². The summed E-state index contributed by atoms with van der Waals surface area (Å²) in [5.41, 5.74) is 6.26. The minimum Gasteiger partial charge on any atom is -0.318 e. The first kappa shape index (κ1) is 15.8. The Labute approximate surface area is 135 Å². The molecule has 2 aromatic carbocycles. The van der Waals surface area contributed by atoms with Crippen LogP contribution >= 0.6 is 11.6 Å². The van der Waals surface area contributed by atoms with E-state index < -0.39 is 23.8 Å². The zero-order valence-electron chi connectivity index (χ0n) is 11.7. The lowest BCUT2D eigenvalue weighted by Gasteiger charge is -2.45. The van der Waals surface area contributed by atoms with Crippen LogP contribution in [0.4, 0.5) is 18.9 Å². The minimum absolute atomic E-state index is 0.280. The van der Waals surface area contributed by atoms with Gasteiger partial charge in [0.25, 0.3) is 0 Å². The Bertz CT molecular complexity index is 728. The van der Waals surface area contributed by atoms with Crippen molar-refractivity contribution in [1.29, 1.82) is 0 Å². The van der Waals surface area contributed by atoms with Crippen LogP contribution in [0.15, 0.2) is 48.5 Å². The van der Waals surface area contributed by atoms with Gasteiger partial charge in [-0.3, -0.25) is 4.79 Å². The Morgan fingerprint density at radius 3 is 2.09 bits per heavy atom. The predicted molar refractivity (Wildman–Crippen MR) is 81.1 cm³/mol. The van der Waals surface area contributed by atoms with Gasteiger partial charge in [0.15, 0.2) is 0 Å². The molecule has 1 fully saturated rings. The molecule has 1 heterocycles. The van der Waals surface area contributed by atoms with E-state index in [1.54, 1.807) is 24.3 Å². The molecule has 2 aromatic rings. The van der Waals surface area contributed by atoms with E-state index >= 15 is 0 Å². The third-order valence-electron chi connectivity index (χ3n) is 3.83. The number of hydrogen-bond donors (Lipinski definition) is 1. The monoisotopic (exact) mass is 340 g/mol. The quantitative estimate of drug-likeness (QED) is 0.846. The Hall–Kier alpha value is -2.05. The lowest BCUT2D eigenvalue weighted by atomic mass is 9.88. The Balaban J connectivity index is 1.91. The van der Waals surface area contributed by atoms with E-state index in [0.717, 1.165) is 12.1 Å². The molecule has 23 heavy (non-hydrogen) atoms. The molecule has 7 heteroatoms. The van der Waals surface area contributed by atoms with Crippen LogP contribution in [0.2, 0.25) is 5.02 Å². The third-order valence-corrected chi connectivity index (χ3v) is 4.08. The average molecular weight is 341 g/mol. The van der Waals surface area contributed by atoms with E-state index in [2.05, 4.69) is 0 Å². The topological polar surface area (TPSA) is 46.3 Å². The molecule has 1 saturated heterocycles. The maximum Gasteiger partial charge on any atom is 0.416 e. The van der Waals surface area contributed by atoms with Crippen molar-refractivity contribution in [1.82, 2.24) is 0 Å². The van der Waals surface area contributed by atoms with Gasteiger partial charge in [-0.15, -0.1) is 0 Å². The molecule has 1 aliphatic heterocycles. The van der Waals surface area contributed by atoms with Crippen LogP contribution in [-0.2, 0) is 11.0 Å². The summed E-state index contributed by atoms with van der Waals surface area (Å²) in [6.45, 7) is 0. The van der Waals surface area contributed by atoms with Gasteiger partial charge in [0, 0.05) is 10.7 Å². The summed E-state index contributed by atoms with van der Waals surface area (Å²) in [5, 5.41) is 0.525. The fraction of sp³-hybridized carbons (Fsp3) is 0.188. The SMILES string of the molecule is N[C@@H]1C(=O)N(c2ccc(Cl)cc2)[C@H]1c1ccc(C(F)(F)F)cc1. The number of hydrogen-bond acceptors (Lipinski definition) is 2. The second-order valence-electron chi connectivity index (χ2n) is 5.28. The largest absolute Gasteiger partial charge is 0.416 e. The maximum absolute atomic E-state index is 12.6. The second-order valence-corrected chi connectivity index (χ2v) is 5.71. The number of β-lactam (4-membered cyclic amide) rings is 1. The summed E-state index contributed by atoms with van der Waals surface area (Å²) in [6, 6.07) is 10.0. The molecule has 0 radical (unpaired) electrons. The standard InChI is InChI=1S/C16H12ClF3N2O/c17-11-5-7-12(8-6-11)22-14(13(21)15(22)23)9-1-3-10(4-2-9)16(18,19)20/h1-8,13-14H,21H2/t13-,14-/m0/s1. The zero-order valence-corrected chi connectivity index (χ0v) is 12.5. The van der Waals surface area contributed by atoms with Gasteiger partial charge in [-0.2, -0.15) is 13.2 Å². The molecule has 1 aliphatic rings. The van der Waals surface area contributed by atoms with Crippen LogP contribution in [0.1, 0.15) is 17.2 Å². The van der Waals surface area contributed by atoms with Gasteiger partial charge < -0.3 is 10.6 Å². The van der Waals surface area contributed by atoms with Crippen molar-refractivity contribution in [2.24, 2.45) is 5.73 Å². The summed E-state index contributed by atoms with van der Waals surface area (Å²) in [4.78, 5) is 13.5. The van der Waals surface area contributed by atoms with Gasteiger partial charge in [0.05, 0.1) is 11.6 Å². The van der Waals surface area contributed by atoms with E-state index in [4.69, 9.17) is 17.3 Å². The highest BCUT2D eigenvalue weighted by atomic mass is 35.5. The summed E-state index contributed by atoms with van der Waals surface area (Å²) in [7, 11) is 0. The second kappa shape index (κ2) is 5.54. The number of benzene rings is 2. The van der Waals surface area contributed by atoms with Gasteiger partial charge >= 0.3 is 6.18 Å². The fourth-order valence-electron chi connectivity index (χ4n) is 2.63. The molecular formula is C16H12ClF3N2O. The van der Waals surface area contributed by atoms with E-state index in [-0.39, 0.29) is 5.91 Å². The number of alkyl halides is 3. The molecule has 3 nitrogen and oxygen atoms in total. The summed E-state index contributed by atoms with van der Waals surface area (Å²) >= 11 is 5.82. The average Bonchev–Trinajstić information content (AvgIpc) is 2.52. The van der Waals surface area contributed by atoms with E-state index in [0.29, 0.717) is 16.3 Å². The van der Waals surface area contributed by atoms with Crippen LogP contribution in [0.3, 0.4) is 0 Å². The van der Waals surface area contributed by atoms with Gasteiger partial charge in [0.2, 0.25) is 5.91 Å². The van der Waals surface area contributed by atoms with Crippen LogP contribution in [0, 0.1) is 0 Å². The number of rotatable bonds is 2. The summed E-state index contributed by atoms with van der Waals surface area (Å²) in [6.07, 6.45) is -4.40. The van der Waals surface area contributed by atoms with Crippen molar-refractivity contribution >= 4 is 23.2 Å². The number of halogens is 4. The summed E-state index contributed by atoms with van der Waals surface area (Å²) < 4.78 is 37.9. The Morgan fingerprint density at radius 2 is 1.57 bits per heavy atom. The van der Waals surface area contributed by atoms with Crippen LogP contribution in [0.25, 0.3) is 0 Å². The Kier molecular flexibility index (Phi) is 3.82. The smallest absolute Gasteiger partial charge is 0.318 e. The maximum atomic E-state index is 12.6. The molecule has 120 valence electrons. The molecule has 2 N–H and O–H groups in total. The van der Waals surface area contributed by atoms with E-state index in [1.165, 1.54) is 17.0 Å². The van der Waals surface area contributed by atoms with Gasteiger partial charge in [0.1, 0.15) is 6.04 Å². The molecule has 0 aliphatic carbocycles. The zero-order chi connectivity index (χ0) is 16.8. The highest BCUT2D eigenvalue weighted by Gasteiger charge is 2.46. The molecule has 0 unspecified atom stereocenters. The van der Waals surface area contributed by atoms with E-state index in [9.17, 15) is 18.0 Å². The molecule has 0 saturated carbocycles. The molecular weight excluding hydrogens is 329 g/mol. The highest BCUT2D eigenvalue weighted by Crippen LogP contribution is 2.39. The molecule has 1 amide bonds. The molecule has 3 rings (SSSR count). The summed E-state index contributed by atoms with van der Waals surface area (Å²) in [5.74, 6) is -0.280. The van der Waals surface area contributed by atoms with E-state index in [1.807, 2.05) is 0 Å². The number of anilines is 1. The molecule has 0 spiro atoms. The van der Waals surface area contributed by atoms with Gasteiger partial charge in [-0.05, 0) is 42.0 Å². The lowest BCUT2D eigenvalue weighted by molar-refractivity contribution is -0.137. The van der Waals surface area contributed by atoms with Crippen LogP contribution in [0.5, 0.6) is 0 Å². The third kappa shape index (κ3) is 2.80.